The van der Waals surface area contributed by atoms with Gasteiger partial charge in [-0.25, -0.2) is 8.42 Å². The molecule has 0 atom stereocenters. The minimum atomic E-state index is -3.62. The van der Waals surface area contributed by atoms with Crippen LogP contribution in [0.2, 0.25) is 5.02 Å². The summed E-state index contributed by atoms with van der Waals surface area (Å²) in [5.41, 5.74) is 0.991. The molecule has 1 heterocycles. The number of rotatable bonds is 5. The topological polar surface area (TPSA) is 75.7 Å². The molecule has 0 saturated carbocycles. The monoisotopic (exact) mass is 422 g/mol. The van der Waals surface area contributed by atoms with Crippen LogP contribution in [0, 0.1) is 5.41 Å². The van der Waals surface area contributed by atoms with Crippen LogP contribution in [0.3, 0.4) is 0 Å². The fraction of sp³-hybridized carbons (Fsp3) is 0.350. The van der Waals surface area contributed by atoms with E-state index in [2.05, 4.69) is 4.72 Å². The van der Waals surface area contributed by atoms with Gasteiger partial charge in [-0.05, 0) is 50.6 Å². The highest BCUT2D eigenvalue weighted by molar-refractivity contribution is 7.91. The number of hydrogen-bond donors (Lipinski definition) is 1. The molecule has 1 N–H and O–H groups in total. The van der Waals surface area contributed by atoms with Crippen LogP contribution in [0.15, 0.2) is 42.5 Å². The van der Waals surface area contributed by atoms with E-state index in [4.69, 9.17) is 16.3 Å². The van der Waals surface area contributed by atoms with Gasteiger partial charge in [0.2, 0.25) is 15.9 Å². The number of amides is 1. The van der Waals surface area contributed by atoms with Gasteiger partial charge < -0.3 is 9.64 Å². The van der Waals surface area contributed by atoms with Gasteiger partial charge in [-0.3, -0.25) is 9.52 Å². The van der Waals surface area contributed by atoms with E-state index >= 15 is 0 Å². The van der Waals surface area contributed by atoms with E-state index in [0.717, 1.165) is 0 Å². The van der Waals surface area contributed by atoms with Gasteiger partial charge in [-0.2, -0.15) is 0 Å². The molecular formula is C20H23ClN2O4S. The minimum Gasteiger partial charge on any atom is -0.490 e. The first-order valence-corrected chi connectivity index (χ1v) is 11.0. The van der Waals surface area contributed by atoms with E-state index in [0.29, 0.717) is 34.3 Å². The Morgan fingerprint density at radius 3 is 2.50 bits per heavy atom. The fourth-order valence-corrected chi connectivity index (χ4v) is 4.36. The highest BCUT2D eigenvalue weighted by Gasteiger charge is 2.37. The summed E-state index contributed by atoms with van der Waals surface area (Å²) in [6.07, 6.45) is 0. The van der Waals surface area contributed by atoms with E-state index in [1.54, 1.807) is 47.4 Å². The van der Waals surface area contributed by atoms with Crippen LogP contribution in [-0.4, -0.2) is 27.5 Å². The summed E-state index contributed by atoms with van der Waals surface area (Å²) in [5, 5.41) is 0.551. The first kappa shape index (κ1) is 20.5. The van der Waals surface area contributed by atoms with Crippen LogP contribution >= 0.6 is 11.6 Å². The normalized spacial score (nSPS) is 16.1. The number of nitrogens with one attached hydrogen (secondary N) is 1. The zero-order chi connectivity index (χ0) is 20.5. The summed E-state index contributed by atoms with van der Waals surface area (Å²) in [6.45, 7) is 6.28. The summed E-state index contributed by atoms with van der Waals surface area (Å²) in [4.78, 5) is 14.4. The van der Waals surface area contributed by atoms with Crippen LogP contribution in [0.4, 0.5) is 11.4 Å². The third-order valence-corrected chi connectivity index (χ3v) is 6.03. The number of hydrogen-bond acceptors (Lipinski definition) is 4. The molecule has 0 radical (unpaired) electrons. The van der Waals surface area contributed by atoms with Crippen molar-refractivity contribution in [3.05, 3.63) is 53.1 Å². The van der Waals surface area contributed by atoms with Crippen molar-refractivity contribution in [1.29, 1.82) is 0 Å². The number of sulfonamides is 1. The second-order valence-electron chi connectivity index (χ2n) is 7.39. The molecule has 0 saturated heterocycles. The highest BCUT2D eigenvalue weighted by Crippen LogP contribution is 2.38. The summed E-state index contributed by atoms with van der Waals surface area (Å²) in [6, 6.07) is 11.6. The van der Waals surface area contributed by atoms with E-state index in [9.17, 15) is 13.2 Å². The number of benzene rings is 2. The van der Waals surface area contributed by atoms with Gasteiger partial charge in [0.25, 0.3) is 0 Å². The average molecular weight is 423 g/mol. The Bertz CT molecular complexity index is 988. The Morgan fingerprint density at radius 1 is 1.18 bits per heavy atom. The maximum Gasteiger partial charge on any atom is 0.236 e. The van der Waals surface area contributed by atoms with Gasteiger partial charge in [0, 0.05) is 17.6 Å². The van der Waals surface area contributed by atoms with Crippen molar-refractivity contribution < 1.29 is 17.9 Å². The van der Waals surface area contributed by atoms with Crippen molar-refractivity contribution in [3.8, 4) is 5.75 Å². The predicted octanol–water partition coefficient (Wildman–Crippen LogP) is 4.05. The molecule has 0 unspecified atom stereocenters. The number of nitrogens with zero attached hydrogens (tertiary/aromatic N) is 1. The first-order chi connectivity index (χ1) is 13.1. The lowest BCUT2D eigenvalue weighted by atomic mass is 9.93. The van der Waals surface area contributed by atoms with Crippen LogP contribution in [0.25, 0.3) is 0 Å². The van der Waals surface area contributed by atoms with E-state index in [1.807, 2.05) is 20.8 Å². The smallest absolute Gasteiger partial charge is 0.236 e. The van der Waals surface area contributed by atoms with E-state index < -0.39 is 15.4 Å². The van der Waals surface area contributed by atoms with Crippen LogP contribution in [0.5, 0.6) is 5.75 Å². The number of fused-ring (bicyclic) bond motifs is 1. The molecule has 3 rings (SSSR count). The van der Waals surface area contributed by atoms with Crippen LogP contribution < -0.4 is 14.4 Å². The molecule has 28 heavy (non-hydrogen) atoms. The molecule has 150 valence electrons. The molecule has 0 spiro atoms. The van der Waals surface area contributed by atoms with Crippen molar-refractivity contribution in [1.82, 2.24) is 0 Å². The summed E-state index contributed by atoms with van der Waals surface area (Å²) in [7, 11) is -3.62. The van der Waals surface area contributed by atoms with Crippen molar-refractivity contribution >= 4 is 38.9 Å². The molecule has 8 heteroatoms. The minimum absolute atomic E-state index is 0.0233. The van der Waals surface area contributed by atoms with Crippen LogP contribution in [0.1, 0.15) is 26.3 Å². The Hall–Kier alpha value is -2.25. The molecule has 2 aromatic rings. The molecular weight excluding hydrogens is 400 g/mol. The zero-order valence-corrected chi connectivity index (χ0v) is 17.6. The first-order valence-electron chi connectivity index (χ1n) is 8.95. The third-order valence-electron chi connectivity index (χ3n) is 4.52. The molecule has 1 amide bonds. The van der Waals surface area contributed by atoms with Crippen molar-refractivity contribution in [2.45, 2.75) is 26.5 Å². The second-order valence-corrected chi connectivity index (χ2v) is 9.55. The highest BCUT2D eigenvalue weighted by atomic mass is 35.5. The van der Waals surface area contributed by atoms with Crippen LogP contribution in [-0.2, 0) is 20.6 Å². The SMILES string of the molecule is CCN1C(=O)C(C)(C)COc2cc(NS(=O)(=O)Cc3ccc(Cl)cc3)ccc21. The van der Waals surface area contributed by atoms with Gasteiger partial charge in [-0.1, -0.05) is 23.7 Å². The van der Waals surface area contributed by atoms with Gasteiger partial charge in [0.05, 0.1) is 22.5 Å². The lowest BCUT2D eigenvalue weighted by Gasteiger charge is -2.26. The lowest BCUT2D eigenvalue weighted by Crippen LogP contribution is -2.42. The molecule has 0 aliphatic carbocycles. The molecule has 0 fully saturated rings. The third kappa shape index (κ3) is 4.42. The fourth-order valence-electron chi connectivity index (χ4n) is 3.04. The second kappa shape index (κ2) is 7.64. The number of carbonyl (C=O) groups excluding carboxylic acids is 1. The Kier molecular flexibility index (Phi) is 5.59. The lowest BCUT2D eigenvalue weighted by molar-refractivity contribution is -0.127. The number of anilines is 2. The summed E-state index contributed by atoms with van der Waals surface area (Å²) >= 11 is 5.84. The Labute approximate surface area is 170 Å². The zero-order valence-electron chi connectivity index (χ0n) is 16.0. The molecule has 0 bridgehead atoms. The molecule has 2 aromatic carbocycles. The number of ether oxygens (including phenoxy) is 1. The van der Waals surface area contributed by atoms with Gasteiger partial charge >= 0.3 is 0 Å². The Morgan fingerprint density at radius 2 is 1.86 bits per heavy atom. The molecule has 6 nitrogen and oxygen atoms in total. The van der Waals surface area contributed by atoms with E-state index in [-0.39, 0.29) is 18.3 Å². The van der Waals surface area contributed by atoms with E-state index in [1.165, 1.54) is 0 Å². The standard InChI is InChI=1S/C20H23ClN2O4S/c1-4-23-17-10-9-16(11-18(17)27-13-20(2,3)19(23)24)22-28(25,26)12-14-5-7-15(21)8-6-14/h5-11,22H,4,12-13H2,1-3H3. The van der Waals surface area contributed by atoms with Gasteiger partial charge in [-0.15, -0.1) is 0 Å². The van der Waals surface area contributed by atoms with Gasteiger partial charge in [0.15, 0.2) is 0 Å². The Balaban J connectivity index is 1.84. The summed E-state index contributed by atoms with van der Waals surface area (Å²) < 4.78 is 33.4. The average Bonchev–Trinajstić information content (AvgIpc) is 2.71. The number of carbonyl (C=O) groups is 1. The quantitative estimate of drug-likeness (QED) is 0.788. The maximum absolute atomic E-state index is 12.7. The molecule has 0 aromatic heterocycles. The van der Waals surface area contributed by atoms with Crippen molar-refractivity contribution in [2.24, 2.45) is 5.41 Å². The molecule has 1 aliphatic rings. The molecule has 1 aliphatic heterocycles. The predicted molar refractivity (Wildman–Crippen MR) is 111 cm³/mol. The van der Waals surface area contributed by atoms with Crippen molar-refractivity contribution in [2.75, 3.05) is 22.8 Å². The maximum atomic E-state index is 12.7. The number of halogens is 1. The van der Waals surface area contributed by atoms with Crippen molar-refractivity contribution in [3.63, 3.8) is 0 Å². The summed E-state index contributed by atoms with van der Waals surface area (Å²) in [5.74, 6) is 0.284. The van der Waals surface area contributed by atoms with Gasteiger partial charge in [0.1, 0.15) is 12.4 Å². The largest absolute Gasteiger partial charge is 0.490 e.